The summed E-state index contributed by atoms with van der Waals surface area (Å²) in [6.07, 6.45) is 0.856. The summed E-state index contributed by atoms with van der Waals surface area (Å²) in [5.74, 6) is -0.216. The van der Waals surface area contributed by atoms with Crippen molar-refractivity contribution in [3.05, 3.63) is 55.9 Å². The molecule has 1 nitrogen and oxygen atoms in total. The molecule has 96 valence electrons. The van der Waals surface area contributed by atoms with Crippen LogP contribution in [0.3, 0.4) is 0 Å². The number of likely N-dealkylation sites (N-methyl/N-ethyl adjacent to an activating group) is 1. The Balaban J connectivity index is 2.17. The quantitative estimate of drug-likeness (QED) is 0.874. The number of benzene rings is 1. The van der Waals surface area contributed by atoms with Gasteiger partial charge in [0.1, 0.15) is 5.82 Å². The summed E-state index contributed by atoms with van der Waals surface area (Å²) >= 11 is 5.02. The molecular formula is C14H15BrFNS. The van der Waals surface area contributed by atoms with E-state index in [1.165, 1.54) is 15.8 Å². The monoisotopic (exact) mass is 327 g/mol. The number of thiophene rings is 1. The van der Waals surface area contributed by atoms with Gasteiger partial charge in [-0.15, -0.1) is 11.3 Å². The van der Waals surface area contributed by atoms with Crippen molar-refractivity contribution in [2.75, 3.05) is 7.05 Å². The predicted molar refractivity (Wildman–Crippen MR) is 78.7 cm³/mol. The highest BCUT2D eigenvalue weighted by molar-refractivity contribution is 9.10. The van der Waals surface area contributed by atoms with Gasteiger partial charge >= 0.3 is 0 Å². The summed E-state index contributed by atoms with van der Waals surface area (Å²) in [4.78, 5) is 2.63. The van der Waals surface area contributed by atoms with Crippen molar-refractivity contribution < 1.29 is 4.39 Å². The van der Waals surface area contributed by atoms with Crippen LogP contribution in [0, 0.1) is 12.7 Å². The van der Waals surface area contributed by atoms with E-state index in [-0.39, 0.29) is 11.9 Å². The van der Waals surface area contributed by atoms with Crippen LogP contribution >= 0.6 is 27.3 Å². The van der Waals surface area contributed by atoms with Gasteiger partial charge in [-0.25, -0.2) is 4.39 Å². The third-order valence-electron chi connectivity index (χ3n) is 2.88. The van der Waals surface area contributed by atoms with Crippen molar-refractivity contribution in [3.8, 4) is 0 Å². The SMILES string of the molecule is CNC(Cc1ccc(F)c(Br)c1)c1ccc(C)s1. The number of nitrogens with one attached hydrogen (secondary N) is 1. The van der Waals surface area contributed by atoms with E-state index in [2.05, 4.69) is 40.3 Å². The highest BCUT2D eigenvalue weighted by atomic mass is 79.9. The molecule has 0 saturated carbocycles. The largest absolute Gasteiger partial charge is 0.312 e. The van der Waals surface area contributed by atoms with Crippen molar-refractivity contribution in [2.24, 2.45) is 0 Å². The van der Waals surface area contributed by atoms with E-state index in [1.54, 1.807) is 11.3 Å². The molecule has 1 unspecified atom stereocenters. The topological polar surface area (TPSA) is 12.0 Å². The van der Waals surface area contributed by atoms with E-state index >= 15 is 0 Å². The maximum atomic E-state index is 13.2. The number of hydrogen-bond acceptors (Lipinski definition) is 2. The molecule has 0 bridgehead atoms. The number of halogens is 2. The Labute approximate surface area is 119 Å². The first-order chi connectivity index (χ1) is 8.60. The molecule has 1 heterocycles. The normalized spacial score (nSPS) is 12.7. The maximum absolute atomic E-state index is 13.2. The lowest BCUT2D eigenvalue weighted by atomic mass is 10.0. The molecule has 2 aromatic rings. The Hall–Kier alpha value is -0.710. The van der Waals surface area contributed by atoms with Gasteiger partial charge in [-0.05, 0) is 66.2 Å². The fourth-order valence-corrected chi connectivity index (χ4v) is 3.30. The Morgan fingerprint density at radius 1 is 1.33 bits per heavy atom. The van der Waals surface area contributed by atoms with E-state index < -0.39 is 0 Å². The fraction of sp³-hybridized carbons (Fsp3) is 0.286. The molecule has 0 saturated heterocycles. The van der Waals surface area contributed by atoms with E-state index in [9.17, 15) is 4.39 Å². The lowest BCUT2D eigenvalue weighted by Crippen LogP contribution is -2.17. The second-order valence-corrected chi connectivity index (χ2v) is 6.42. The summed E-state index contributed by atoms with van der Waals surface area (Å²) in [5.41, 5.74) is 1.12. The first-order valence-corrected chi connectivity index (χ1v) is 7.38. The molecule has 4 heteroatoms. The van der Waals surface area contributed by atoms with Gasteiger partial charge in [-0.1, -0.05) is 6.07 Å². The first kappa shape index (κ1) is 13.7. The van der Waals surface area contributed by atoms with Crippen molar-refractivity contribution in [3.63, 3.8) is 0 Å². The van der Waals surface area contributed by atoms with Gasteiger partial charge in [0, 0.05) is 15.8 Å². The molecule has 1 aromatic carbocycles. The van der Waals surface area contributed by atoms with Crippen LogP contribution < -0.4 is 5.32 Å². The van der Waals surface area contributed by atoms with Gasteiger partial charge in [-0.3, -0.25) is 0 Å². The third kappa shape index (κ3) is 3.19. The van der Waals surface area contributed by atoms with Crippen molar-refractivity contribution >= 4 is 27.3 Å². The number of rotatable bonds is 4. The molecule has 1 N–H and O–H groups in total. The summed E-state index contributed by atoms with van der Waals surface area (Å²) < 4.78 is 13.7. The summed E-state index contributed by atoms with van der Waals surface area (Å²) in [6, 6.07) is 9.75. The van der Waals surface area contributed by atoms with Crippen LogP contribution in [0.15, 0.2) is 34.8 Å². The van der Waals surface area contributed by atoms with E-state index in [0.29, 0.717) is 4.47 Å². The molecule has 0 aliphatic heterocycles. The minimum absolute atomic E-state index is 0.216. The maximum Gasteiger partial charge on any atom is 0.137 e. The average Bonchev–Trinajstić information content (AvgIpc) is 2.77. The Bertz CT molecular complexity index is 538. The zero-order valence-corrected chi connectivity index (χ0v) is 12.7. The van der Waals surface area contributed by atoms with Gasteiger partial charge in [0.2, 0.25) is 0 Å². The van der Waals surface area contributed by atoms with Gasteiger partial charge in [0.15, 0.2) is 0 Å². The average molecular weight is 328 g/mol. The van der Waals surface area contributed by atoms with Crippen LogP contribution in [0.1, 0.15) is 21.4 Å². The van der Waals surface area contributed by atoms with Crippen LogP contribution in [0.25, 0.3) is 0 Å². The zero-order chi connectivity index (χ0) is 13.1. The van der Waals surface area contributed by atoms with Gasteiger partial charge in [0.25, 0.3) is 0 Å². The third-order valence-corrected chi connectivity index (χ3v) is 4.60. The van der Waals surface area contributed by atoms with Crippen LogP contribution in [0.4, 0.5) is 4.39 Å². The van der Waals surface area contributed by atoms with Gasteiger partial charge in [-0.2, -0.15) is 0 Å². The second kappa shape index (κ2) is 5.95. The van der Waals surface area contributed by atoms with Crippen molar-refractivity contribution in [2.45, 2.75) is 19.4 Å². The fourth-order valence-electron chi connectivity index (χ4n) is 1.89. The van der Waals surface area contributed by atoms with Gasteiger partial charge in [0.05, 0.1) is 4.47 Å². The van der Waals surface area contributed by atoms with Crippen LogP contribution in [0.5, 0.6) is 0 Å². The molecule has 2 rings (SSSR count). The van der Waals surface area contributed by atoms with Crippen molar-refractivity contribution in [1.29, 1.82) is 0 Å². The minimum Gasteiger partial charge on any atom is -0.312 e. The summed E-state index contributed by atoms with van der Waals surface area (Å²) in [5, 5.41) is 3.32. The highest BCUT2D eigenvalue weighted by Crippen LogP contribution is 2.26. The molecule has 0 spiro atoms. The Morgan fingerprint density at radius 3 is 2.67 bits per heavy atom. The second-order valence-electron chi connectivity index (χ2n) is 4.24. The zero-order valence-electron chi connectivity index (χ0n) is 10.3. The lowest BCUT2D eigenvalue weighted by Gasteiger charge is -2.15. The Morgan fingerprint density at radius 2 is 2.11 bits per heavy atom. The molecule has 1 aromatic heterocycles. The molecular weight excluding hydrogens is 313 g/mol. The number of aryl methyl sites for hydroxylation is 1. The summed E-state index contributed by atoms with van der Waals surface area (Å²) in [7, 11) is 1.96. The molecule has 0 amide bonds. The van der Waals surface area contributed by atoms with E-state index in [0.717, 1.165) is 12.0 Å². The molecule has 0 radical (unpaired) electrons. The van der Waals surface area contributed by atoms with Crippen LogP contribution in [0.2, 0.25) is 0 Å². The summed E-state index contributed by atoms with van der Waals surface area (Å²) in [6.45, 7) is 2.11. The lowest BCUT2D eigenvalue weighted by molar-refractivity contribution is 0.596. The molecule has 18 heavy (non-hydrogen) atoms. The molecule has 1 atom stereocenters. The van der Waals surface area contributed by atoms with E-state index in [4.69, 9.17) is 0 Å². The highest BCUT2D eigenvalue weighted by Gasteiger charge is 2.12. The smallest absolute Gasteiger partial charge is 0.137 e. The minimum atomic E-state index is -0.216. The first-order valence-electron chi connectivity index (χ1n) is 5.77. The molecule has 0 aliphatic carbocycles. The van der Waals surface area contributed by atoms with Crippen LogP contribution in [-0.4, -0.2) is 7.05 Å². The van der Waals surface area contributed by atoms with Crippen LogP contribution in [-0.2, 0) is 6.42 Å². The molecule has 0 aliphatic rings. The van der Waals surface area contributed by atoms with E-state index in [1.807, 2.05) is 19.2 Å². The number of hydrogen-bond donors (Lipinski definition) is 1. The van der Waals surface area contributed by atoms with Gasteiger partial charge < -0.3 is 5.32 Å². The van der Waals surface area contributed by atoms with Crippen molar-refractivity contribution in [1.82, 2.24) is 5.32 Å². The standard InChI is InChI=1S/C14H15BrFNS/c1-9-3-6-14(18-9)13(17-2)8-10-4-5-12(16)11(15)7-10/h3-7,13,17H,8H2,1-2H3. The molecule has 0 fully saturated rings. The Kier molecular flexibility index (Phi) is 4.54. The predicted octanol–water partition coefficient (Wildman–Crippen LogP) is 4.46.